The highest BCUT2D eigenvalue weighted by atomic mass is 19.2. The Kier molecular flexibility index (Phi) is 5.71. The van der Waals surface area contributed by atoms with Gasteiger partial charge in [-0.05, 0) is 19.9 Å². The first-order valence-corrected chi connectivity index (χ1v) is 6.01. The van der Waals surface area contributed by atoms with Gasteiger partial charge >= 0.3 is 0 Å². The van der Waals surface area contributed by atoms with Crippen LogP contribution in [0.5, 0.6) is 0 Å². The minimum absolute atomic E-state index is 0.0446. The summed E-state index contributed by atoms with van der Waals surface area (Å²) in [5, 5.41) is 2.82. The number of benzene rings is 1. The van der Waals surface area contributed by atoms with Gasteiger partial charge in [0, 0.05) is 25.2 Å². The van der Waals surface area contributed by atoms with Gasteiger partial charge in [-0.3, -0.25) is 4.79 Å². The number of amides is 1. The number of carbonyl (C=O) groups is 1. The van der Waals surface area contributed by atoms with Crippen molar-refractivity contribution in [1.82, 2.24) is 10.2 Å². The number of nitrogens with zero attached hydrogens (tertiary/aromatic N) is 1. The van der Waals surface area contributed by atoms with Crippen molar-refractivity contribution in [3.05, 3.63) is 35.4 Å². The van der Waals surface area contributed by atoms with Gasteiger partial charge in [0.15, 0.2) is 11.6 Å². The van der Waals surface area contributed by atoms with Gasteiger partial charge in [-0.2, -0.15) is 0 Å². The smallest absolute Gasteiger partial charge is 0.236 e. The molecule has 18 heavy (non-hydrogen) atoms. The minimum atomic E-state index is -0.871. The molecule has 0 spiro atoms. The molecule has 1 aromatic rings. The Bertz CT molecular complexity index is 406. The molecular weight excluding hydrogens is 238 g/mol. The van der Waals surface area contributed by atoms with Crippen LogP contribution in [0.25, 0.3) is 0 Å². The molecule has 1 N–H and O–H groups in total. The van der Waals surface area contributed by atoms with Gasteiger partial charge in [0.05, 0.1) is 6.54 Å². The van der Waals surface area contributed by atoms with E-state index >= 15 is 0 Å². The van der Waals surface area contributed by atoms with Gasteiger partial charge in [0.1, 0.15) is 0 Å². The minimum Gasteiger partial charge on any atom is -0.342 e. The first-order valence-electron chi connectivity index (χ1n) is 6.01. The molecule has 1 aromatic carbocycles. The monoisotopic (exact) mass is 256 g/mol. The van der Waals surface area contributed by atoms with Crippen LogP contribution in [0.1, 0.15) is 19.4 Å². The Balaban J connectivity index is 2.47. The van der Waals surface area contributed by atoms with Crippen LogP contribution in [0.2, 0.25) is 0 Å². The fraction of sp³-hybridized carbons (Fsp3) is 0.462. The van der Waals surface area contributed by atoms with Gasteiger partial charge in [-0.1, -0.05) is 12.1 Å². The van der Waals surface area contributed by atoms with E-state index < -0.39 is 11.6 Å². The highest BCUT2D eigenvalue weighted by Crippen LogP contribution is 2.10. The average Bonchev–Trinajstić information content (AvgIpc) is 2.36. The van der Waals surface area contributed by atoms with Crippen LogP contribution in [-0.2, 0) is 11.3 Å². The maximum atomic E-state index is 13.3. The largest absolute Gasteiger partial charge is 0.342 e. The zero-order valence-electron chi connectivity index (χ0n) is 10.7. The van der Waals surface area contributed by atoms with E-state index in [0.717, 1.165) is 6.07 Å². The quantitative estimate of drug-likeness (QED) is 0.843. The number of rotatable bonds is 6. The molecule has 0 saturated carbocycles. The van der Waals surface area contributed by atoms with Crippen LogP contribution in [0, 0.1) is 11.6 Å². The topological polar surface area (TPSA) is 32.3 Å². The maximum absolute atomic E-state index is 13.3. The Morgan fingerprint density at radius 3 is 2.56 bits per heavy atom. The Morgan fingerprint density at radius 2 is 1.94 bits per heavy atom. The summed E-state index contributed by atoms with van der Waals surface area (Å²) in [4.78, 5) is 13.3. The first-order chi connectivity index (χ1) is 8.60. The summed E-state index contributed by atoms with van der Waals surface area (Å²) >= 11 is 0. The molecule has 0 atom stereocenters. The summed E-state index contributed by atoms with van der Waals surface area (Å²) < 4.78 is 26.2. The van der Waals surface area contributed by atoms with E-state index in [2.05, 4.69) is 5.32 Å². The van der Waals surface area contributed by atoms with Crippen molar-refractivity contribution in [2.75, 3.05) is 19.6 Å². The molecule has 0 unspecified atom stereocenters. The van der Waals surface area contributed by atoms with Crippen molar-refractivity contribution >= 4 is 5.91 Å². The average molecular weight is 256 g/mol. The third-order valence-corrected chi connectivity index (χ3v) is 2.74. The number of hydrogen-bond acceptors (Lipinski definition) is 2. The Hall–Kier alpha value is -1.49. The van der Waals surface area contributed by atoms with Gasteiger partial charge in [-0.25, -0.2) is 8.78 Å². The Labute approximate surface area is 106 Å². The number of nitrogens with one attached hydrogen (secondary N) is 1. The zero-order valence-corrected chi connectivity index (χ0v) is 10.7. The summed E-state index contributed by atoms with van der Waals surface area (Å²) in [6.45, 7) is 5.34. The van der Waals surface area contributed by atoms with Gasteiger partial charge in [-0.15, -0.1) is 0 Å². The van der Waals surface area contributed by atoms with Crippen molar-refractivity contribution in [3.8, 4) is 0 Å². The van der Waals surface area contributed by atoms with E-state index in [1.54, 1.807) is 4.90 Å². The van der Waals surface area contributed by atoms with Crippen LogP contribution < -0.4 is 5.32 Å². The van der Waals surface area contributed by atoms with Crippen LogP contribution in [-0.4, -0.2) is 30.4 Å². The maximum Gasteiger partial charge on any atom is 0.236 e. The van der Waals surface area contributed by atoms with Crippen molar-refractivity contribution in [2.24, 2.45) is 0 Å². The lowest BCUT2D eigenvalue weighted by Crippen LogP contribution is -2.37. The van der Waals surface area contributed by atoms with E-state index in [1.165, 1.54) is 12.1 Å². The third-order valence-electron chi connectivity index (χ3n) is 2.74. The molecule has 0 aliphatic heterocycles. The Morgan fingerprint density at radius 1 is 1.28 bits per heavy atom. The summed E-state index contributed by atoms with van der Waals surface area (Å²) in [7, 11) is 0. The van der Waals surface area contributed by atoms with E-state index in [9.17, 15) is 13.6 Å². The fourth-order valence-corrected chi connectivity index (χ4v) is 1.68. The first kappa shape index (κ1) is 14.6. The zero-order chi connectivity index (χ0) is 13.5. The highest BCUT2D eigenvalue weighted by Gasteiger charge is 2.10. The second-order valence-corrected chi connectivity index (χ2v) is 3.88. The molecule has 0 bridgehead atoms. The molecule has 5 heteroatoms. The lowest BCUT2D eigenvalue weighted by Gasteiger charge is -2.18. The predicted octanol–water partition coefficient (Wildman–Crippen LogP) is 1.92. The standard InChI is InChI=1S/C13H18F2N2O/c1-3-17(4-2)12(18)9-16-8-10-6-5-7-11(14)13(10)15/h5-7,16H,3-4,8-9H2,1-2H3. The summed E-state index contributed by atoms with van der Waals surface area (Å²) in [6, 6.07) is 4.01. The predicted molar refractivity (Wildman–Crippen MR) is 66.0 cm³/mol. The molecular formula is C13H18F2N2O. The third kappa shape index (κ3) is 3.77. The lowest BCUT2D eigenvalue weighted by atomic mass is 10.2. The van der Waals surface area contributed by atoms with Crippen LogP contribution in [0.15, 0.2) is 18.2 Å². The van der Waals surface area contributed by atoms with Gasteiger partial charge < -0.3 is 10.2 Å². The molecule has 0 fully saturated rings. The second kappa shape index (κ2) is 7.06. The molecule has 1 amide bonds. The van der Waals surface area contributed by atoms with E-state index in [0.29, 0.717) is 13.1 Å². The summed E-state index contributed by atoms with van der Waals surface area (Å²) in [5.41, 5.74) is 0.224. The van der Waals surface area contributed by atoms with Crippen LogP contribution in [0.3, 0.4) is 0 Å². The molecule has 0 heterocycles. The van der Waals surface area contributed by atoms with Gasteiger partial charge in [0.25, 0.3) is 0 Å². The van der Waals surface area contributed by atoms with E-state index in [-0.39, 0.29) is 24.6 Å². The lowest BCUT2D eigenvalue weighted by molar-refractivity contribution is -0.129. The normalized spacial score (nSPS) is 10.4. The molecule has 0 saturated heterocycles. The molecule has 100 valence electrons. The van der Waals surface area contributed by atoms with Crippen LogP contribution >= 0.6 is 0 Å². The number of carbonyl (C=O) groups excluding carboxylic acids is 1. The van der Waals surface area contributed by atoms with E-state index in [4.69, 9.17) is 0 Å². The number of hydrogen-bond donors (Lipinski definition) is 1. The number of halogens is 2. The van der Waals surface area contributed by atoms with Crippen molar-refractivity contribution in [3.63, 3.8) is 0 Å². The molecule has 0 aliphatic rings. The molecule has 3 nitrogen and oxygen atoms in total. The fourth-order valence-electron chi connectivity index (χ4n) is 1.68. The number of likely N-dealkylation sites (N-methyl/N-ethyl adjacent to an activating group) is 1. The SMILES string of the molecule is CCN(CC)C(=O)CNCc1cccc(F)c1F. The van der Waals surface area contributed by atoms with Crippen molar-refractivity contribution in [1.29, 1.82) is 0 Å². The van der Waals surface area contributed by atoms with Crippen molar-refractivity contribution < 1.29 is 13.6 Å². The van der Waals surface area contributed by atoms with Crippen LogP contribution in [0.4, 0.5) is 8.78 Å². The van der Waals surface area contributed by atoms with Gasteiger partial charge in [0.2, 0.25) is 5.91 Å². The summed E-state index contributed by atoms with van der Waals surface area (Å²) in [5.74, 6) is -1.78. The molecule has 0 radical (unpaired) electrons. The molecule has 1 rings (SSSR count). The van der Waals surface area contributed by atoms with E-state index in [1.807, 2.05) is 13.8 Å². The summed E-state index contributed by atoms with van der Waals surface area (Å²) in [6.07, 6.45) is 0. The molecule has 0 aliphatic carbocycles. The molecule has 0 aromatic heterocycles. The second-order valence-electron chi connectivity index (χ2n) is 3.88. The van der Waals surface area contributed by atoms with Crippen molar-refractivity contribution in [2.45, 2.75) is 20.4 Å². The highest BCUT2D eigenvalue weighted by molar-refractivity contribution is 5.78.